The highest BCUT2D eigenvalue weighted by molar-refractivity contribution is 7.88. The second-order valence-corrected chi connectivity index (χ2v) is 6.64. The lowest BCUT2D eigenvalue weighted by molar-refractivity contribution is 0.491. The molecule has 0 aromatic heterocycles. The third kappa shape index (κ3) is 5.16. The summed E-state index contributed by atoms with van der Waals surface area (Å²) in [5.74, 6) is -0.139. The summed E-state index contributed by atoms with van der Waals surface area (Å²) in [6.45, 7) is 5.33. The van der Waals surface area contributed by atoms with Gasteiger partial charge in [0.25, 0.3) is 0 Å². The predicted molar refractivity (Wildman–Crippen MR) is 68.9 cm³/mol. The van der Waals surface area contributed by atoms with Gasteiger partial charge >= 0.3 is 0 Å². The topological polar surface area (TPSA) is 81.3 Å². The van der Waals surface area contributed by atoms with Crippen molar-refractivity contribution in [3.05, 3.63) is 35.0 Å². The minimum atomic E-state index is -3.40. The van der Waals surface area contributed by atoms with Crippen molar-refractivity contribution in [3.63, 3.8) is 0 Å². The average molecular weight is 257 g/mol. The summed E-state index contributed by atoms with van der Waals surface area (Å²) in [7, 11) is -3.40. The molecule has 0 heterocycles. The predicted octanol–water partition coefficient (Wildman–Crippen LogP) is 1.81. The number of sulfonamides is 1. The molecule has 2 N–H and O–H groups in total. The zero-order valence-electron chi connectivity index (χ0n) is 10.1. The largest absolute Gasteiger partial charge is 0.761 e. The normalized spacial score (nSPS) is 12.5. The molecule has 1 rings (SSSR count). The van der Waals surface area contributed by atoms with Crippen LogP contribution in [0.2, 0.25) is 0 Å². The number of rotatable bonds is 4. The van der Waals surface area contributed by atoms with Crippen LogP contribution in [0.3, 0.4) is 0 Å². The lowest BCUT2D eigenvalue weighted by atomic mass is 10.1. The van der Waals surface area contributed by atoms with E-state index in [1.807, 2.05) is 0 Å². The van der Waals surface area contributed by atoms with Gasteiger partial charge in [-0.15, -0.1) is 0 Å². The van der Waals surface area contributed by atoms with Crippen molar-refractivity contribution in [3.8, 4) is 0 Å². The number of hydrogen-bond donors (Lipinski definition) is 2. The Kier molecular flexibility index (Phi) is 4.13. The molecule has 0 radical (unpaired) electrons. The quantitative estimate of drug-likeness (QED) is 0.806. The van der Waals surface area contributed by atoms with Gasteiger partial charge in [0, 0.05) is 11.2 Å². The third-order valence-electron chi connectivity index (χ3n) is 1.86. The SMILES string of the molecule is CC(C)(C)NS(=O)(=O)Cc1cccc(N[O-])c1. The smallest absolute Gasteiger partial charge is 0.216 e. The van der Waals surface area contributed by atoms with Gasteiger partial charge in [0.05, 0.1) is 5.75 Å². The van der Waals surface area contributed by atoms with Crippen LogP contribution in [-0.2, 0) is 15.8 Å². The second-order valence-electron chi connectivity index (χ2n) is 4.91. The van der Waals surface area contributed by atoms with Crippen molar-refractivity contribution < 1.29 is 8.42 Å². The maximum absolute atomic E-state index is 11.8. The first-order chi connectivity index (χ1) is 7.72. The molecule has 1 aromatic rings. The Hall–Kier alpha value is -1.11. The van der Waals surface area contributed by atoms with Gasteiger partial charge in [-0.2, -0.15) is 0 Å². The monoisotopic (exact) mass is 257 g/mol. The van der Waals surface area contributed by atoms with Crippen molar-refractivity contribution in [2.24, 2.45) is 0 Å². The molecule has 0 saturated heterocycles. The van der Waals surface area contributed by atoms with E-state index in [9.17, 15) is 13.6 Å². The molecule has 0 saturated carbocycles. The van der Waals surface area contributed by atoms with Crippen molar-refractivity contribution in [2.75, 3.05) is 5.48 Å². The van der Waals surface area contributed by atoms with Gasteiger partial charge in [0.15, 0.2) is 0 Å². The Balaban J connectivity index is 2.83. The summed E-state index contributed by atoms with van der Waals surface area (Å²) in [6, 6.07) is 6.42. The summed E-state index contributed by atoms with van der Waals surface area (Å²) in [5, 5.41) is 10.5. The van der Waals surface area contributed by atoms with Gasteiger partial charge in [-0.1, -0.05) is 12.1 Å². The van der Waals surface area contributed by atoms with Crippen molar-refractivity contribution in [2.45, 2.75) is 32.1 Å². The highest BCUT2D eigenvalue weighted by atomic mass is 32.2. The van der Waals surface area contributed by atoms with Crippen LogP contribution in [0.4, 0.5) is 5.69 Å². The van der Waals surface area contributed by atoms with Crippen LogP contribution < -0.4 is 10.2 Å². The molecule has 0 amide bonds. The molecule has 0 atom stereocenters. The molecule has 1 aromatic carbocycles. The van der Waals surface area contributed by atoms with Crippen LogP contribution in [0.5, 0.6) is 0 Å². The molecule has 0 unspecified atom stereocenters. The van der Waals surface area contributed by atoms with Gasteiger partial charge < -0.3 is 10.7 Å². The average Bonchev–Trinajstić information content (AvgIpc) is 2.13. The number of benzene rings is 1. The van der Waals surface area contributed by atoms with Crippen LogP contribution in [-0.4, -0.2) is 14.0 Å². The van der Waals surface area contributed by atoms with Gasteiger partial charge in [0.1, 0.15) is 0 Å². The summed E-state index contributed by atoms with van der Waals surface area (Å²) in [4.78, 5) is 0. The molecule has 6 heteroatoms. The fraction of sp³-hybridized carbons (Fsp3) is 0.455. The summed E-state index contributed by atoms with van der Waals surface area (Å²) in [5.41, 5.74) is 2.16. The van der Waals surface area contributed by atoms with E-state index in [4.69, 9.17) is 0 Å². The van der Waals surface area contributed by atoms with Crippen LogP contribution in [0.1, 0.15) is 26.3 Å². The lowest BCUT2D eigenvalue weighted by Gasteiger charge is -2.20. The molecular weight excluding hydrogens is 240 g/mol. The fourth-order valence-electron chi connectivity index (χ4n) is 1.45. The molecule has 0 bridgehead atoms. The molecule has 0 spiro atoms. The fourth-order valence-corrected chi connectivity index (χ4v) is 3.07. The first-order valence-corrected chi connectivity index (χ1v) is 6.86. The van der Waals surface area contributed by atoms with Crippen molar-refractivity contribution in [1.29, 1.82) is 0 Å². The molecule has 0 aliphatic carbocycles. The minimum absolute atomic E-state index is 0.139. The maximum atomic E-state index is 11.8. The van der Waals surface area contributed by atoms with E-state index >= 15 is 0 Å². The first-order valence-electron chi connectivity index (χ1n) is 5.21. The van der Waals surface area contributed by atoms with Gasteiger partial charge in [-0.05, 0) is 38.5 Å². The Labute approximate surface area is 102 Å². The summed E-state index contributed by atoms with van der Waals surface area (Å²) >= 11 is 0. The van der Waals surface area contributed by atoms with Crippen LogP contribution >= 0.6 is 0 Å². The molecular formula is C11H17N2O3S-. The van der Waals surface area contributed by atoms with Crippen LogP contribution in [0.25, 0.3) is 0 Å². The van der Waals surface area contributed by atoms with Crippen LogP contribution in [0, 0.1) is 5.21 Å². The molecule has 0 aliphatic rings. The molecule has 5 nitrogen and oxygen atoms in total. The van der Waals surface area contributed by atoms with E-state index in [1.165, 1.54) is 6.07 Å². The van der Waals surface area contributed by atoms with E-state index < -0.39 is 15.6 Å². The molecule has 17 heavy (non-hydrogen) atoms. The van der Waals surface area contributed by atoms with E-state index in [2.05, 4.69) is 4.72 Å². The van der Waals surface area contributed by atoms with Gasteiger partial charge in [-0.25, -0.2) is 13.1 Å². The zero-order chi connectivity index (χ0) is 13.1. The number of hydrogen-bond acceptors (Lipinski definition) is 4. The summed E-state index contributed by atoms with van der Waals surface area (Å²) in [6.07, 6.45) is 0. The van der Waals surface area contributed by atoms with Crippen molar-refractivity contribution in [1.82, 2.24) is 4.72 Å². The standard InChI is InChI=1S/C11H17N2O3S/c1-11(2,3)13-17(15,16)8-9-5-4-6-10(7-9)12-14/h4-7,12-13H,8H2,1-3H3/q-1. The van der Waals surface area contributed by atoms with Crippen LogP contribution in [0.15, 0.2) is 24.3 Å². The third-order valence-corrected chi connectivity index (χ3v) is 3.50. The van der Waals surface area contributed by atoms with E-state index in [0.29, 0.717) is 11.3 Å². The van der Waals surface area contributed by atoms with Gasteiger partial charge in [0.2, 0.25) is 10.0 Å². The van der Waals surface area contributed by atoms with E-state index in [0.717, 1.165) is 0 Å². The summed E-state index contributed by atoms with van der Waals surface area (Å²) < 4.78 is 26.2. The van der Waals surface area contributed by atoms with E-state index in [1.54, 1.807) is 44.5 Å². The lowest BCUT2D eigenvalue weighted by Crippen LogP contribution is -2.41. The Morgan fingerprint density at radius 3 is 2.47 bits per heavy atom. The molecule has 96 valence electrons. The highest BCUT2D eigenvalue weighted by Crippen LogP contribution is 2.13. The zero-order valence-corrected chi connectivity index (χ0v) is 11.0. The van der Waals surface area contributed by atoms with Gasteiger partial charge in [-0.3, -0.25) is 0 Å². The molecule has 0 aliphatic heterocycles. The number of nitrogens with one attached hydrogen (secondary N) is 2. The minimum Gasteiger partial charge on any atom is -0.761 e. The Morgan fingerprint density at radius 1 is 1.29 bits per heavy atom. The first kappa shape index (κ1) is 14.0. The Bertz CT molecular complexity index is 478. The highest BCUT2D eigenvalue weighted by Gasteiger charge is 2.20. The van der Waals surface area contributed by atoms with E-state index in [-0.39, 0.29) is 5.75 Å². The molecule has 0 fully saturated rings. The second kappa shape index (κ2) is 5.03. The Morgan fingerprint density at radius 2 is 1.94 bits per heavy atom. The van der Waals surface area contributed by atoms with Crippen molar-refractivity contribution >= 4 is 15.7 Å². The maximum Gasteiger partial charge on any atom is 0.216 e. The number of anilines is 1.